The molecular formula is C22H36O4. The highest BCUT2D eigenvalue weighted by molar-refractivity contribution is 5.71. The number of rotatable bonds is 3. The van der Waals surface area contributed by atoms with Gasteiger partial charge < -0.3 is 14.9 Å². The van der Waals surface area contributed by atoms with Gasteiger partial charge in [-0.2, -0.15) is 0 Å². The molecule has 0 amide bonds. The zero-order chi connectivity index (χ0) is 18.5. The van der Waals surface area contributed by atoms with Crippen LogP contribution in [0.5, 0.6) is 0 Å². The summed E-state index contributed by atoms with van der Waals surface area (Å²) < 4.78 is 5.16. The normalized spacial score (nSPS) is 50.5. The summed E-state index contributed by atoms with van der Waals surface area (Å²) in [5, 5.41) is 21.5. The lowest BCUT2D eigenvalue weighted by Crippen LogP contribution is -2.54. The van der Waals surface area contributed by atoms with Crippen LogP contribution in [0.1, 0.15) is 78.1 Å². The fourth-order valence-electron chi connectivity index (χ4n) is 7.68. The smallest absolute Gasteiger partial charge is 0.308 e. The predicted octanol–water partition coefficient (Wildman–Crippen LogP) is 3.68. The van der Waals surface area contributed by atoms with Gasteiger partial charge in [0, 0.05) is 0 Å². The summed E-state index contributed by atoms with van der Waals surface area (Å²) in [6.07, 6.45) is 9.72. The molecule has 0 aromatic carbocycles. The highest BCUT2D eigenvalue weighted by atomic mass is 16.5. The van der Waals surface area contributed by atoms with Crippen LogP contribution in [0.2, 0.25) is 0 Å². The Morgan fingerprint density at radius 2 is 1.81 bits per heavy atom. The molecule has 4 heteroatoms. The molecule has 8 atom stereocenters. The topological polar surface area (TPSA) is 66.8 Å². The van der Waals surface area contributed by atoms with Gasteiger partial charge >= 0.3 is 5.97 Å². The van der Waals surface area contributed by atoms with Gasteiger partial charge in [0.25, 0.3) is 0 Å². The van der Waals surface area contributed by atoms with Crippen molar-refractivity contribution in [3.05, 3.63) is 0 Å². The van der Waals surface area contributed by atoms with Crippen molar-refractivity contribution in [2.24, 2.45) is 35.0 Å². The molecule has 0 aromatic rings. The minimum atomic E-state index is -0.894. The summed E-state index contributed by atoms with van der Waals surface area (Å²) in [5.74, 6) is 3.24. The van der Waals surface area contributed by atoms with Gasteiger partial charge in [-0.25, -0.2) is 0 Å². The molecule has 4 aliphatic carbocycles. The largest absolute Gasteiger partial charge is 0.466 e. The molecule has 0 radical (unpaired) electrons. The minimum absolute atomic E-state index is 0.0807. The number of ether oxygens (including phenoxy) is 1. The number of aliphatic hydroxyl groups excluding tert-OH is 1. The van der Waals surface area contributed by atoms with Crippen molar-refractivity contribution >= 4 is 5.97 Å². The number of carbonyl (C=O) groups excluding carboxylic acids is 1. The monoisotopic (exact) mass is 364 g/mol. The SMILES string of the molecule is CCOC(=O)C[C@]1(O)CC[C@H]2[C@@H]3CC[C@H]4C[C@H](O)CC[C@@H]4[C@H]3CC[C@@]21C. The summed E-state index contributed by atoms with van der Waals surface area (Å²) in [5.41, 5.74) is -1.05. The van der Waals surface area contributed by atoms with Crippen LogP contribution in [0.4, 0.5) is 0 Å². The Balaban J connectivity index is 1.52. The van der Waals surface area contributed by atoms with E-state index in [-0.39, 0.29) is 23.9 Å². The van der Waals surface area contributed by atoms with E-state index in [0.717, 1.165) is 43.9 Å². The second-order valence-corrected chi connectivity index (χ2v) is 9.91. The Labute approximate surface area is 157 Å². The summed E-state index contributed by atoms with van der Waals surface area (Å²) in [7, 11) is 0. The standard InChI is InChI=1S/C22H36O4/c1-3-26-20(24)13-22(25)11-9-19-18-6-4-14-12-15(23)5-7-16(14)17(18)8-10-21(19,22)2/h14-19,23,25H,3-13H2,1-2H3/t14-,15+,16-,17+,18+,19-,21-,22+/m0/s1. The number of aliphatic hydroxyl groups is 2. The van der Waals surface area contributed by atoms with E-state index in [4.69, 9.17) is 4.74 Å². The summed E-state index contributed by atoms with van der Waals surface area (Å²) in [6, 6.07) is 0. The van der Waals surface area contributed by atoms with Gasteiger partial charge in [0.15, 0.2) is 0 Å². The lowest BCUT2D eigenvalue weighted by atomic mass is 9.49. The van der Waals surface area contributed by atoms with E-state index >= 15 is 0 Å². The average Bonchev–Trinajstić information content (AvgIpc) is 2.85. The van der Waals surface area contributed by atoms with Crippen molar-refractivity contribution < 1.29 is 19.7 Å². The highest BCUT2D eigenvalue weighted by Gasteiger charge is 2.63. The van der Waals surface area contributed by atoms with Crippen LogP contribution in [0.15, 0.2) is 0 Å². The zero-order valence-corrected chi connectivity index (χ0v) is 16.5. The third kappa shape index (κ3) is 2.83. The second kappa shape index (κ2) is 6.77. The summed E-state index contributed by atoms with van der Waals surface area (Å²) >= 11 is 0. The molecule has 0 aromatic heterocycles. The van der Waals surface area contributed by atoms with Crippen LogP contribution in [0.3, 0.4) is 0 Å². The van der Waals surface area contributed by atoms with Crippen LogP contribution in [-0.4, -0.2) is 34.5 Å². The first-order valence-electron chi connectivity index (χ1n) is 10.9. The fraction of sp³-hybridized carbons (Fsp3) is 0.955. The predicted molar refractivity (Wildman–Crippen MR) is 99.3 cm³/mol. The first kappa shape index (κ1) is 18.7. The quantitative estimate of drug-likeness (QED) is 0.750. The van der Waals surface area contributed by atoms with Crippen molar-refractivity contribution in [3.8, 4) is 0 Å². The summed E-state index contributed by atoms with van der Waals surface area (Å²) in [6.45, 7) is 4.46. The molecule has 4 rings (SSSR count). The number of hydrogen-bond acceptors (Lipinski definition) is 4. The molecular weight excluding hydrogens is 328 g/mol. The molecule has 2 N–H and O–H groups in total. The number of carbonyl (C=O) groups is 1. The molecule has 0 saturated heterocycles. The van der Waals surface area contributed by atoms with Gasteiger partial charge in [0.1, 0.15) is 0 Å². The number of fused-ring (bicyclic) bond motifs is 5. The van der Waals surface area contributed by atoms with E-state index in [9.17, 15) is 15.0 Å². The van der Waals surface area contributed by atoms with Gasteiger partial charge in [-0.3, -0.25) is 4.79 Å². The Hall–Kier alpha value is -0.610. The van der Waals surface area contributed by atoms with Crippen molar-refractivity contribution in [1.82, 2.24) is 0 Å². The van der Waals surface area contributed by atoms with E-state index in [1.807, 2.05) is 6.92 Å². The van der Waals surface area contributed by atoms with E-state index < -0.39 is 5.60 Å². The maximum Gasteiger partial charge on any atom is 0.308 e. The molecule has 4 fully saturated rings. The van der Waals surface area contributed by atoms with E-state index in [0.29, 0.717) is 24.4 Å². The van der Waals surface area contributed by atoms with Crippen molar-refractivity contribution in [1.29, 1.82) is 0 Å². The lowest BCUT2D eigenvalue weighted by molar-refractivity contribution is -0.164. The molecule has 4 aliphatic rings. The van der Waals surface area contributed by atoms with E-state index in [1.165, 1.54) is 25.7 Å². The van der Waals surface area contributed by atoms with Crippen molar-refractivity contribution in [2.75, 3.05) is 6.61 Å². The Morgan fingerprint density at radius 1 is 1.04 bits per heavy atom. The Bertz CT molecular complexity index is 548. The van der Waals surface area contributed by atoms with E-state index in [1.54, 1.807) is 0 Å². The minimum Gasteiger partial charge on any atom is -0.466 e. The molecule has 4 saturated carbocycles. The van der Waals surface area contributed by atoms with Gasteiger partial charge in [-0.15, -0.1) is 0 Å². The van der Waals surface area contributed by atoms with Crippen LogP contribution < -0.4 is 0 Å². The average molecular weight is 365 g/mol. The zero-order valence-electron chi connectivity index (χ0n) is 16.5. The van der Waals surface area contributed by atoms with Crippen LogP contribution in [0, 0.1) is 35.0 Å². The third-order valence-corrected chi connectivity index (χ3v) is 8.99. The molecule has 0 unspecified atom stereocenters. The molecule has 0 heterocycles. The van der Waals surface area contributed by atoms with Gasteiger partial charge in [0.05, 0.1) is 24.7 Å². The lowest BCUT2D eigenvalue weighted by Gasteiger charge is -2.57. The second-order valence-electron chi connectivity index (χ2n) is 9.91. The molecule has 4 nitrogen and oxygen atoms in total. The number of esters is 1. The Morgan fingerprint density at radius 3 is 2.58 bits per heavy atom. The molecule has 0 aliphatic heterocycles. The summed E-state index contributed by atoms with van der Waals surface area (Å²) in [4.78, 5) is 12.1. The fourth-order valence-corrected chi connectivity index (χ4v) is 7.68. The van der Waals surface area contributed by atoms with Crippen molar-refractivity contribution in [3.63, 3.8) is 0 Å². The van der Waals surface area contributed by atoms with Gasteiger partial charge in [-0.05, 0) is 99.7 Å². The van der Waals surface area contributed by atoms with Crippen LogP contribution >= 0.6 is 0 Å². The van der Waals surface area contributed by atoms with Crippen LogP contribution in [0.25, 0.3) is 0 Å². The maximum atomic E-state index is 12.1. The van der Waals surface area contributed by atoms with Gasteiger partial charge in [-0.1, -0.05) is 6.92 Å². The first-order valence-corrected chi connectivity index (χ1v) is 10.9. The van der Waals surface area contributed by atoms with E-state index in [2.05, 4.69) is 6.92 Å². The van der Waals surface area contributed by atoms with Gasteiger partial charge in [0.2, 0.25) is 0 Å². The van der Waals surface area contributed by atoms with Crippen molar-refractivity contribution in [2.45, 2.75) is 89.8 Å². The van der Waals surface area contributed by atoms with Crippen LogP contribution in [-0.2, 0) is 9.53 Å². The Kier molecular flexibility index (Phi) is 4.88. The molecule has 0 spiro atoms. The maximum absolute atomic E-state index is 12.1. The first-order chi connectivity index (χ1) is 12.4. The number of hydrogen-bond donors (Lipinski definition) is 2. The third-order valence-electron chi connectivity index (χ3n) is 8.99. The molecule has 26 heavy (non-hydrogen) atoms. The molecule has 0 bridgehead atoms. The molecule has 148 valence electrons. The highest BCUT2D eigenvalue weighted by Crippen LogP contribution is 2.66.